The number of rotatable bonds is 5. The molecule has 0 bridgehead atoms. The van der Waals surface area contributed by atoms with Gasteiger partial charge in [-0.2, -0.15) is 0 Å². The number of anilines is 1. The van der Waals surface area contributed by atoms with Crippen molar-refractivity contribution < 1.29 is 9.53 Å². The SMILES string of the molecule is CC(N)CC(=O)Nc1ccc(OC2CCCC2)c(Cl)c1.Cl. The summed E-state index contributed by atoms with van der Waals surface area (Å²) in [6, 6.07) is 5.16. The molecule has 0 aromatic heterocycles. The second-order valence-corrected chi connectivity index (χ2v) is 5.81. The molecule has 1 unspecified atom stereocenters. The van der Waals surface area contributed by atoms with Crippen molar-refractivity contribution in [2.24, 2.45) is 5.73 Å². The Morgan fingerprint density at radius 2 is 2.14 bits per heavy atom. The summed E-state index contributed by atoms with van der Waals surface area (Å²) in [4.78, 5) is 11.6. The van der Waals surface area contributed by atoms with Crippen LogP contribution in [0.25, 0.3) is 0 Å². The second-order valence-electron chi connectivity index (χ2n) is 5.40. The first-order valence-electron chi connectivity index (χ1n) is 7.06. The molecule has 2 rings (SSSR count). The summed E-state index contributed by atoms with van der Waals surface area (Å²) in [7, 11) is 0. The fraction of sp³-hybridized carbons (Fsp3) is 0.533. The third-order valence-corrected chi connectivity index (χ3v) is 3.61. The van der Waals surface area contributed by atoms with Gasteiger partial charge in [0.05, 0.1) is 11.1 Å². The smallest absolute Gasteiger partial charge is 0.225 e. The summed E-state index contributed by atoms with van der Waals surface area (Å²) in [6.07, 6.45) is 5.16. The van der Waals surface area contributed by atoms with Gasteiger partial charge in [-0.05, 0) is 50.8 Å². The van der Waals surface area contributed by atoms with Crippen LogP contribution in [0.15, 0.2) is 18.2 Å². The van der Waals surface area contributed by atoms with E-state index in [1.54, 1.807) is 19.1 Å². The number of halogens is 2. The second kappa shape index (κ2) is 8.47. The predicted octanol–water partition coefficient (Wildman–Crippen LogP) is 3.76. The van der Waals surface area contributed by atoms with Gasteiger partial charge in [-0.1, -0.05) is 11.6 Å². The van der Waals surface area contributed by atoms with Crippen LogP contribution in [0.4, 0.5) is 5.69 Å². The average molecular weight is 333 g/mol. The molecule has 0 spiro atoms. The first-order chi connectivity index (χ1) is 9.54. The zero-order valence-electron chi connectivity index (χ0n) is 12.1. The van der Waals surface area contributed by atoms with Gasteiger partial charge >= 0.3 is 0 Å². The predicted molar refractivity (Wildman–Crippen MR) is 88.5 cm³/mol. The molecule has 1 amide bonds. The van der Waals surface area contributed by atoms with Gasteiger partial charge in [0.1, 0.15) is 5.75 Å². The molecule has 3 N–H and O–H groups in total. The summed E-state index contributed by atoms with van der Waals surface area (Å²) in [6.45, 7) is 1.80. The van der Waals surface area contributed by atoms with Crippen molar-refractivity contribution in [3.63, 3.8) is 0 Å². The van der Waals surface area contributed by atoms with Crippen molar-refractivity contribution >= 4 is 35.6 Å². The molecule has 1 aromatic carbocycles. The van der Waals surface area contributed by atoms with Crippen molar-refractivity contribution in [2.45, 2.75) is 51.2 Å². The van der Waals surface area contributed by atoms with E-state index in [1.165, 1.54) is 12.8 Å². The third kappa shape index (κ3) is 5.73. The fourth-order valence-electron chi connectivity index (χ4n) is 2.36. The lowest BCUT2D eigenvalue weighted by molar-refractivity contribution is -0.116. The number of nitrogens with two attached hydrogens (primary N) is 1. The highest BCUT2D eigenvalue weighted by Crippen LogP contribution is 2.31. The summed E-state index contributed by atoms with van der Waals surface area (Å²) in [5.74, 6) is 0.573. The van der Waals surface area contributed by atoms with Crippen molar-refractivity contribution in [1.29, 1.82) is 0 Å². The van der Waals surface area contributed by atoms with Gasteiger partial charge in [0.25, 0.3) is 0 Å². The van der Waals surface area contributed by atoms with E-state index in [9.17, 15) is 4.79 Å². The fourth-order valence-corrected chi connectivity index (χ4v) is 2.59. The van der Waals surface area contributed by atoms with E-state index < -0.39 is 0 Å². The molecule has 1 saturated carbocycles. The first kappa shape index (κ1) is 18.1. The molecular weight excluding hydrogens is 311 g/mol. The minimum atomic E-state index is -0.157. The van der Waals surface area contributed by atoms with Gasteiger partial charge in [0.15, 0.2) is 0 Å². The highest BCUT2D eigenvalue weighted by atomic mass is 35.5. The topological polar surface area (TPSA) is 64.4 Å². The van der Waals surface area contributed by atoms with Crippen LogP contribution in [0.3, 0.4) is 0 Å². The highest BCUT2D eigenvalue weighted by molar-refractivity contribution is 6.32. The van der Waals surface area contributed by atoms with Crippen molar-refractivity contribution in [2.75, 3.05) is 5.32 Å². The van der Waals surface area contributed by atoms with Gasteiger partial charge < -0.3 is 15.8 Å². The lowest BCUT2D eigenvalue weighted by Crippen LogP contribution is -2.23. The van der Waals surface area contributed by atoms with Crippen LogP contribution in [0.5, 0.6) is 5.75 Å². The van der Waals surface area contributed by atoms with E-state index in [0.29, 0.717) is 16.5 Å². The number of amides is 1. The van der Waals surface area contributed by atoms with E-state index in [1.807, 2.05) is 6.07 Å². The molecule has 1 fully saturated rings. The number of hydrogen-bond acceptors (Lipinski definition) is 3. The molecule has 118 valence electrons. The van der Waals surface area contributed by atoms with Crippen molar-refractivity contribution in [1.82, 2.24) is 0 Å². The minimum absolute atomic E-state index is 0. The number of carbonyl (C=O) groups excluding carboxylic acids is 1. The molecule has 1 atom stereocenters. The molecule has 4 nitrogen and oxygen atoms in total. The van der Waals surface area contributed by atoms with Gasteiger partial charge in [-0.25, -0.2) is 0 Å². The van der Waals surface area contributed by atoms with Crippen LogP contribution in [0.2, 0.25) is 5.02 Å². The standard InChI is InChI=1S/C15H21ClN2O2.ClH/c1-10(17)8-15(19)18-11-6-7-14(13(16)9-11)20-12-4-2-3-5-12;/h6-7,9-10,12H,2-5,8,17H2,1H3,(H,18,19);1H. The number of hydrogen-bond donors (Lipinski definition) is 2. The molecule has 0 heterocycles. The van der Waals surface area contributed by atoms with Crippen molar-refractivity contribution in [3.8, 4) is 5.75 Å². The zero-order valence-corrected chi connectivity index (χ0v) is 13.7. The summed E-state index contributed by atoms with van der Waals surface area (Å²) < 4.78 is 5.87. The normalized spacial score (nSPS) is 16.1. The summed E-state index contributed by atoms with van der Waals surface area (Å²) in [5, 5.41) is 3.30. The molecule has 1 aliphatic carbocycles. The molecular formula is C15H22Cl2N2O2. The maximum atomic E-state index is 11.6. The van der Waals surface area contributed by atoms with Gasteiger partial charge in [-0.15, -0.1) is 12.4 Å². The molecule has 0 radical (unpaired) electrons. The number of ether oxygens (including phenoxy) is 1. The van der Waals surface area contributed by atoms with Gasteiger partial charge in [0.2, 0.25) is 5.91 Å². The van der Waals surface area contributed by atoms with Crippen molar-refractivity contribution in [3.05, 3.63) is 23.2 Å². The van der Waals surface area contributed by atoms with Crippen LogP contribution in [-0.2, 0) is 4.79 Å². The lowest BCUT2D eigenvalue weighted by Gasteiger charge is -2.15. The van der Waals surface area contributed by atoms with Crippen LogP contribution < -0.4 is 15.8 Å². The summed E-state index contributed by atoms with van der Waals surface area (Å²) >= 11 is 6.20. The van der Waals surface area contributed by atoms with Crippen LogP contribution in [-0.4, -0.2) is 18.1 Å². The van der Waals surface area contributed by atoms with Crippen LogP contribution in [0, 0.1) is 0 Å². The summed E-state index contributed by atoms with van der Waals surface area (Å²) in [5.41, 5.74) is 6.25. The van der Waals surface area contributed by atoms with E-state index >= 15 is 0 Å². The molecule has 6 heteroatoms. The van der Waals surface area contributed by atoms with Crippen LogP contribution >= 0.6 is 24.0 Å². The Hall–Kier alpha value is -0.970. The molecule has 0 saturated heterocycles. The van der Waals surface area contributed by atoms with E-state index in [2.05, 4.69) is 5.32 Å². The molecule has 0 aliphatic heterocycles. The highest BCUT2D eigenvalue weighted by Gasteiger charge is 2.18. The maximum Gasteiger partial charge on any atom is 0.225 e. The minimum Gasteiger partial charge on any atom is -0.489 e. The van der Waals surface area contributed by atoms with E-state index in [-0.39, 0.29) is 36.9 Å². The number of carbonyl (C=O) groups is 1. The Balaban J connectivity index is 0.00000220. The number of benzene rings is 1. The Morgan fingerprint density at radius 3 is 2.71 bits per heavy atom. The average Bonchev–Trinajstić information content (AvgIpc) is 2.84. The Kier molecular flexibility index (Phi) is 7.29. The van der Waals surface area contributed by atoms with Gasteiger partial charge in [-0.3, -0.25) is 4.79 Å². The lowest BCUT2D eigenvalue weighted by atomic mass is 10.2. The number of nitrogens with one attached hydrogen (secondary N) is 1. The first-order valence-corrected chi connectivity index (χ1v) is 7.44. The van der Waals surface area contributed by atoms with E-state index in [0.717, 1.165) is 12.8 Å². The Labute approximate surface area is 136 Å². The third-order valence-electron chi connectivity index (χ3n) is 3.32. The monoisotopic (exact) mass is 332 g/mol. The van der Waals surface area contributed by atoms with Gasteiger partial charge in [0, 0.05) is 18.2 Å². The molecule has 21 heavy (non-hydrogen) atoms. The Bertz CT molecular complexity index is 475. The quantitative estimate of drug-likeness (QED) is 0.862. The zero-order chi connectivity index (χ0) is 14.5. The molecule has 1 aliphatic rings. The maximum absolute atomic E-state index is 11.6. The Morgan fingerprint density at radius 1 is 1.48 bits per heavy atom. The molecule has 1 aromatic rings. The largest absolute Gasteiger partial charge is 0.489 e. The van der Waals surface area contributed by atoms with E-state index in [4.69, 9.17) is 22.1 Å². The van der Waals surface area contributed by atoms with Crippen LogP contribution in [0.1, 0.15) is 39.0 Å².